The van der Waals surface area contributed by atoms with Crippen molar-refractivity contribution in [3.63, 3.8) is 0 Å². The maximum atomic E-state index is 13.8. The topological polar surface area (TPSA) is 40.5 Å². The third kappa shape index (κ3) is 2.79. The fraction of sp³-hybridized carbons (Fsp3) is 0.462. The van der Waals surface area contributed by atoms with Crippen molar-refractivity contribution < 1.29 is 31.9 Å². The lowest BCUT2D eigenvalue weighted by molar-refractivity contribution is -0.137. The molecule has 0 bridgehead atoms. The Bertz CT molecular complexity index is 549. The molecule has 0 spiro atoms. The van der Waals surface area contributed by atoms with Gasteiger partial charge in [0.25, 0.3) is 0 Å². The Labute approximate surface area is 117 Å². The van der Waals surface area contributed by atoms with Crippen LogP contribution in [0.25, 0.3) is 0 Å². The van der Waals surface area contributed by atoms with Gasteiger partial charge in [0.05, 0.1) is 6.42 Å². The second-order valence-electron chi connectivity index (χ2n) is 4.86. The van der Waals surface area contributed by atoms with Gasteiger partial charge in [0.15, 0.2) is 23.3 Å². The Hall–Kier alpha value is -1.86. The fourth-order valence-corrected chi connectivity index (χ4v) is 2.55. The van der Waals surface area contributed by atoms with Gasteiger partial charge in [0.2, 0.25) is 5.82 Å². The van der Waals surface area contributed by atoms with Crippen molar-refractivity contribution in [2.45, 2.75) is 31.7 Å². The molecule has 21 heavy (non-hydrogen) atoms. The minimum Gasteiger partial charge on any atom is -0.481 e. The monoisotopic (exact) mass is 309 g/mol. The molecule has 1 aliphatic heterocycles. The highest BCUT2D eigenvalue weighted by atomic mass is 19.2. The van der Waals surface area contributed by atoms with Gasteiger partial charge in [0, 0.05) is 12.6 Å². The molecule has 116 valence electrons. The summed E-state index contributed by atoms with van der Waals surface area (Å²) in [7, 11) is 0. The van der Waals surface area contributed by atoms with Crippen LogP contribution in [0.5, 0.6) is 0 Å². The van der Waals surface area contributed by atoms with Crippen LogP contribution in [0.4, 0.5) is 27.6 Å². The average molecular weight is 309 g/mol. The van der Waals surface area contributed by atoms with E-state index in [0.29, 0.717) is 19.3 Å². The Morgan fingerprint density at radius 1 is 1.00 bits per heavy atom. The number of halogens is 5. The van der Waals surface area contributed by atoms with E-state index in [1.54, 1.807) is 0 Å². The summed E-state index contributed by atoms with van der Waals surface area (Å²) in [6.45, 7) is 0.0380. The second-order valence-corrected chi connectivity index (χ2v) is 4.86. The van der Waals surface area contributed by atoms with Gasteiger partial charge >= 0.3 is 5.97 Å². The third-order valence-electron chi connectivity index (χ3n) is 3.51. The number of carboxylic acids is 1. The first-order valence-electron chi connectivity index (χ1n) is 6.34. The quantitative estimate of drug-likeness (QED) is 0.529. The molecule has 1 heterocycles. The van der Waals surface area contributed by atoms with Gasteiger partial charge in [-0.1, -0.05) is 0 Å². The molecule has 0 radical (unpaired) electrons. The lowest BCUT2D eigenvalue weighted by Gasteiger charge is -2.37. The van der Waals surface area contributed by atoms with Crippen LogP contribution in [0.1, 0.15) is 25.7 Å². The van der Waals surface area contributed by atoms with Crippen LogP contribution in [0.2, 0.25) is 0 Å². The van der Waals surface area contributed by atoms with E-state index in [0.717, 1.165) is 4.90 Å². The van der Waals surface area contributed by atoms with Crippen LogP contribution in [0.3, 0.4) is 0 Å². The van der Waals surface area contributed by atoms with E-state index in [-0.39, 0.29) is 6.54 Å². The lowest BCUT2D eigenvalue weighted by atomic mass is 9.98. The number of rotatable bonds is 3. The van der Waals surface area contributed by atoms with Crippen LogP contribution >= 0.6 is 0 Å². The summed E-state index contributed by atoms with van der Waals surface area (Å²) >= 11 is 0. The van der Waals surface area contributed by atoms with Gasteiger partial charge in [-0.2, -0.15) is 0 Å². The molecular formula is C13H12F5NO2. The maximum Gasteiger partial charge on any atom is 0.305 e. The summed E-state index contributed by atoms with van der Waals surface area (Å²) in [5.41, 5.74) is -1.04. The van der Waals surface area contributed by atoms with Crippen LogP contribution < -0.4 is 4.90 Å². The van der Waals surface area contributed by atoms with Crippen molar-refractivity contribution in [1.29, 1.82) is 0 Å². The molecule has 1 N–H and O–H groups in total. The molecule has 3 nitrogen and oxygen atoms in total. The van der Waals surface area contributed by atoms with E-state index >= 15 is 0 Å². The van der Waals surface area contributed by atoms with E-state index in [1.165, 1.54) is 0 Å². The van der Waals surface area contributed by atoms with Crippen molar-refractivity contribution in [2.24, 2.45) is 0 Å². The molecule has 8 heteroatoms. The molecule has 1 aromatic carbocycles. The largest absolute Gasteiger partial charge is 0.481 e. The summed E-state index contributed by atoms with van der Waals surface area (Å²) in [6, 6.07) is -0.801. The van der Waals surface area contributed by atoms with Gasteiger partial charge in [0.1, 0.15) is 5.69 Å². The first kappa shape index (κ1) is 15.5. The van der Waals surface area contributed by atoms with E-state index in [2.05, 4.69) is 0 Å². The van der Waals surface area contributed by atoms with E-state index < -0.39 is 53.2 Å². The molecule has 1 aromatic rings. The predicted molar refractivity (Wildman–Crippen MR) is 63.5 cm³/mol. The molecule has 0 amide bonds. The molecule has 0 aromatic heterocycles. The zero-order valence-corrected chi connectivity index (χ0v) is 10.8. The minimum absolute atomic E-state index is 0.0380. The summed E-state index contributed by atoms with van der Waals surface area (Å²) < 4.78 is 67.1. The van der Waals surface area contributed by atoms with Crippen molar-refractivity contribution in [2.75, 3.05) is 11.4 Å². The van der Waals surface area contributed by atoms with Crippen molar-refractivity contribution in [3.8, 4) is 0 Å². The maximum absolute atomic E-state index is 13.8. The van der Waals surface area contributed by atoms with E-state index in [1.807, 2.05) is 0 Å². The van der Waals surface area contributed by atoms with E-state index in [9.17, 15) is 26.7 Å². The first-order valence-corrected chi connectivity index (χ1v) is 6.34. The number of aliphatic carboxylic acids is 1. The number of hydrogen-bond donors (Lipinski definition) is 1. The standard InChI is InChI=1S/C13H12F5NO2/c14-8-9(15)11(17)13(12(18)10(8)16)19-4-2-1-3-6(19)5-7(20)21/h6H,1-5H2,(H,20,21). The minimum atomic E-state index is -2.22. The molecule has 0 saturated carbocycles. The molecule has 1 unspecified atom stereocenters. The number of benzene rings is 1. The van der Waals surface area contributed by atoms with Crippen LogP contribution in [0.15, 0.2) is 0 Å². The SMILES string of the molecule is O=C(O)CC1CCCCN1c1c(F)c(F)c(F)c(F)c1F. The fourth-order valence-electron chi connectivity index (χ4n) is 2.55. The Morgan fingerprint density at radius 2 is 1.52 bits per heavy atom. The average Bonchev–Trinajstić information content (AvgIpc) is 2.44. The zero-order valence-electron chi connectivity index (χ0n) is 10.8. The molecule has 0 aliphatic carbocycles. The van der Waals surface area contributed by atoms with Gasteiger partial charge in [-0.05, 0) is 19.3 Å². The zero-order chi connectivity index (χ0) is 15.7. The lowest BCUT2D eigenvalue weighted by Crippen LogP contribution is -2.42. The van der Waals surface area contributed by atoms with Gasteiger partial charge in [-0.15, -0.1) is 0 Å². The van der Waals surface area contributed by atoms with Crippen LogP contribution in [-0.2, 0) is 4.79 Å². The van der Waals surface area contributed by atoms with Gasteiger partial charge in [-0.25, -0.2) is 22.0 Å². The molecule has 1 aliphatic rings. The Morgan fingerprint density at radius 3 is 2.05 bits per heavy atom. The van der Waals surface area contributed by atoms with Crippen molar-refractivity contribution >= 4 is 11.7 Å². The molecular weight excluding hydrogens is 297 g/mol. The number of carbonyl (C=O) groups is 1. The van der Waals surface area contributed by atoms with Gasteiger partial charge < -0.3 is 10.0 Å². The summed E-state index contributed by atoms with van der Waals surface area (Å²) in [5, 5.41) is 8.80. The van der Waals surface area contributed by atoms with Crippen LogP contribution in [-0.4, -0.2) is 23.7 Å². The normalized spacial score (nSPS) is 18.9. The number of nitrogens with zero attached hydrogens (tertiary/aromatic N) is 1. The number of anilines is 1. The summed E-state index contributed by atoms with van der Waals surface area (Å²) in [6.07, 6.45) is 0.991. The molecule has 1 atom stereocenters. The summed E-state index contributed by atoms with van der Waals surface area (Å²) in [4.78, 5) is 11.7. The molecule has 1 saturated heterocycles. The highest BCUT2D eigenvalue weighted by molar-refractivity contribution is 5.69. The molecule has 2 rings (SSSR count). The second kappa shape index (κ2) is 5.87. The number of piperidine rings is 1. The third-order valence-corrected chi connectivity index (χ3v) is 3.51. The van der Waals surface area contributed by atoms with Crippen LogP contribution in [0, 0.1) is 29.1 Å². The van der Waals surface area contributed by atoms with E-state index in [4.69, 9.17) is 5.11 Å². The molecule has 1 fully saturated rings. The highest BCUT2D eigenvalue weighted by Gasteiger charge is 2.34. The first-order chi connectivity index (χ1) is 9.84. The van der Waals surface area contributed by atoms with Gasteiger partial charge in [-0.3, -0.25) is 4.79 Å². The highest BCUT2D eigenvalue weighted by Crippen LogP contribution is 2.34. The van der Waals surface area contributed by atoms with Crippen molar-refractivity contribution in [3.05, 3.63) is 29.1 Å². The predicted octanol–water partition coefficient (Wildman–Crippen LogP) is 3.22. The summed E-state index contributed by atoms with van der Waals surface area (Å²) in [5.74, 6) is -11.3. The van der Waals surface area contributed by atoms with Crippen molar-refractivity contribution in [1.82, 2.24) is 0 Å². The number of hydrogen-bond acceptors (Lipinski definition) is 2. The Balaban J connectivity index is 2.50. The smallest absolute Gasteiger partial charge is 0.305 e. The number of carboxylic acid groups (broad SMARTS) is 1. The Kier molecular flexibility index (Phi) is 4.34.